The van der Waals surface area contributed by atoms with Crippen molar-refractivity contribution < 1.29 is 0 Å². The van der Waals surface area contributed by atoms with E-state index in [1.54, 1.807) is 11.8 Å². The largest absolute Gasteiger partial charge is 0.247 e. The number of aromatic nitrogens is 2. The van der Waals surface area contributed by atoms with Crippen molar-refractivity contribution in [2.45, 2.75) is 29.2 Å². The van der Waals surface area contributed by atoms with Crippen molar-refractivity contribution in [2.24, 2.45) is 0 Å². The van der Waals surface area contributed by atoms with Gasteiger partial charge >= 0.3 is 0 Å². The smallest absolute Gasteiger partial charge is 0.124 e. The van der Waals surface area contributed by atoms with Gasteiger partial charge in [0.25, 0.3) is 0 Å². The molecule has 13 rings (SSSR count). The minimum Gasteiger partial charge on any atom is -0.247 e. The molecule has 1 aliphatic heterocycles. The molecule has 3 heterocycles. The highest BCUT2D eigenvalue weighted by atomic mass is 32.2. The first-order valence-electron chi connectivity index (χ1n) is 21.3. The molecule has 62 heavy (non-hydrogen) atoms. The molecule has 0 bridgehead atoms. The van der Waals surface area contributed by atoms with Crippen molar-refractivity contribution in [1.29, 1.82) is 0 Å². The first-order chi connectivity index (χ1) is 30.6. The van der Waals surface area contributed by atoms with E-state index < -0.39 is 5.41 Å². The summed E-state index contributed by atoms with van der Waals surface area (Å²) < 4.78 is 2.65. The maximum atomic E-state index is 5.51. The Balaban J connectivity index is 0.877. The van der Waals surface area contributed by atoms with Gasteiger partial charge in [-0.2, -0.15) is 0 Å². The second-order valence-corrected chi connectivity index (χ2v) is 19.1. The first-order valence-corrected chi connectivity index (χ1v) is 23.0. The molecule has 0 fully saturated rings. The van der Waals surface area contributed by atoms with Crippen LogP contribution < -0.4 is 0 Å². The lowest BCUT2D eigenvalue weighted by Gasteiger charge is -2.34. The molecule has 1 atom stereocenters. The molecule has 0 radical (unpaired) electrons. The second-order valence-electron chi connectivity index (χ2n) is 17.1. The monoisotopic (exact) mass is 826 g/mol. The fourth-order valence-corrected chi connectivity index (χ4v) is 13.2. The van der Waals surface area contributed by atoms with Crippen LogP contribution in [0.25, 0.3) is 70.2 Å². The molecule has 0 spiro atoms. The van der Waals surface area contributed by atoms with E-state index in [0.717, 1.165) is 33.7 Å². The number of allylic oxidation sites excluding steroid dienone is 4. The lowest BCUT2D eigenvalue weighted by Crippen LogP contribution is -2.28. The summed E-state index contributed by atoms with van der Waals surface area (Å²) in [6, 6.07) is 69.3. The lowest BCUT2D eigenvalue weighted by molar-refractivity contribution is 0.574. The number of thiophene rings is 1. The highest BCUT2D eigenvalue weighted by Crippen LogP contribution is 2.59. The van der Waals surface area contributed by atoms with Gasteiger partial charge in [0.1, 0.15) is 5.03 Å². The highest BCUT2D eigenvalue weighted by molar-refractivity contribution is 8.03. The zero-order chi connectivity index (χ0) is 41.0. The van der Waals surface area contributed by atoms with Crippen LogP contribution >= 0.6 is 23.1 Å². The average molecular weight is 827 g/mol. The fourth-order valence-electron chi connectivity index (χ4n) is 10.7. The summed E-state index contributed by atoms with van der Waals surface area (Å²) in [5.41, 5.74) is 17.4. The van der Waals surface area contributed by atoms with Gasteiger partial charge in [-0.25, -0.2) is 9.97 Å². The number of hydrogen-bond donors (Lipinski definition) is 0. The molecule has 3 aliphatic rings. The zero-order valence-corrected chi connectivity index (χ0v) is 35.6. The summed E-state index contributed by atoms with van der Waals surface area (Å²) in [7, 11) is 0. The zero-order valence-electron chi connectivity index (χ0n) is 34.0. The van der Waals surface area contributed by atoms with Crippen molar-refractivity contribution in [1.82, 2.24) is 9.97 Å². The third-order valence-corrected chi connectivity index (χ3v) is 16.1. The first kappa shape index (κ1) is 35.9. The van der Waals surface area contributed by atoms with Crippen LogP contribution in [0.3, 0.4) is 0 Å². The number of hydrogen-bond acceptors (Lipinski definition) is 4. The summed E-state index contributed by atoms with van der Waals surface area (Å²) in [4.78, 5) is 12.1. The predicted molar refractivity (Wildman–Crippen MR) is 261 cm³/mol. The molecule has 2 aromatic heterocycles. The van der Waals surface area contributed by atoms with E-state index in [0.29, 0.717) is 0 Å². The Morgan fingerprint density at radius 1 is 0.484 bits per heavy atom. The van der Waals surface area contributed by atoms with Crippen LogP contribution in [0.5, 0.6) is 0 Å². The SMILES string of the molecule is CC12CC(c3ccc4c(c3)C(c3ccccc3)(c3ccccc3)c3ccccc3-4)=CC=C1Sc1nc3ccc(-c4cccc(-c5cccc6c5sc5ccccc56)c4)cc3nc12. The molecule has 10 aromatic rings. The van der Waals surface area contributed by atoms with E-state index in [1.807, 2.05) is 11.3 Å². The Morgan fingerprint density at radius 3 is 2.02 bits per heavy atom. The van der Waals surface area contributed by atoms with Crippen molar-refractivity contribution in [3.8, 4) is 33.4 Å². The van der Waals surface area contributed by atoms with Gasteiger partial charge in [-0.3, -0.25) is 0 Å². The van der Waals surface area contributed by atoms with Crippen molar-refractivity contribution in [3.05, 3.63) is 239 Å². The molecule has 2 nitrogen and oxygen atoms in total. The third-order valence-electron chi connectivity index (χ3n) is 13.6. The summed E-state index contributed by atoms with van der Waals surface area (Å²) >= 11 is 3.66. The van der Waals surface area contributed by atoms with E-state index in [1.165, 1.54) is 86.3 Å². The number of benzene rings is 8. The summed E-state index contributed by atoms with van der Waals surface area (Å²) in [5.74, 6) is 0. The van der Waals surface area contributed by atoms with Gasteiger partial charge in [0.05, 0.1) is 22.1 Å². The molecule has 8 aromatic carbocycles. The van der Waals surface area contributed by atoms with Crippen LogP contribution in [0.2, 0.25) is 0 Å². The van der Waals surface area contributed by atoms with Gasteiger partial charge in [-0.15, -0.1) is 11.3 Å². The van der Waals surface area contributed by atoms with E-state index >= 15 is 0 Å². The van der Waals surface area contributed by atoms with Crippen LogP contribution in [0, 0.1) is 0 Å². The van der Waals surface area contributed by atoms with Crippen LogP contribution in [0.1, 0.15) is 46.9 Å². The Hall–Kier alpha value is -6.85. The average Bonchev–Trinajstić information content (AvgIpc) is 3.96. The van der Waals surface area contributed by atoms with Gasteiger partial charge in [-0.05, 0) is 110 Å². The van der Waals surface area contributed by atoms with Crippen molar-refractivity contribution in [2.75, 3.05) is 0 Å². The van der Waals surface area contributed by atoms with Crippen molar-refractivity contribution >= 4 is 59.9 Å². The predicted octanol–water partition coefficient (Wildman–Crippen LogP) is 15.4. The Labute approximate surface area is 369 Å². The molecule has 292 valence electrons. The minimum absolute atomic E-state index is 0.290. The van der Waals surface area contributed by atoms with E-state index in [9.17, 15) is 0 Å². The summed E-state index contributed by atoms with van der Waals surface area (Å²) in [6.07, 6.45) is 5.52. The van der Waals surface area contributed by atoms with Crippen LogP contribution in [0.15, 0.2) is 210 Å². The second kappa shape index (κ2) is 13.6. The van der Waals surface area contributed by atoms with Crippen LogP contribution in [-0.2, 0) is 10.8 Å². The molecule has 0 saturated carbocycles. The molecule has 0 amide bonds. The quantitative estimate of drug-likeness (QED) is 0.173. The number of nitrogens with zero attached hydrogens (tertiary/aromatic N) is 2. The van der Waals surface area contributed by atoms with Crippen LogP contribution in [-0.4, -0.2) is 9.97 Å². The highest BCUT2D eigenvalue weighted by Gasteiger charge is 2.47. The topological polar surface area (TPSA) is 25.8 Å². The molecule has 0 saturated heterocycles. The third kappa shape index (κ3) is 5.17. The molecule has 2 aliphatic carbocycles. The Kier molecular flexibility index (Phi) is 7.85. The normalized spacial score (nSPS) is 17.0. The molecular weight excluding hydrogens is 789 g/mol. The molecule has 0 N–H and O–H groups in total. The number of fused-ring (bicyclic) bond motifs is 10. The molecular formula is C58H38N2S2. The molecule has 1 unspecified atom stereocenters. The lowest BCUT2D eigenvalue weighted by atomic mass is 9.67. The van der Waals surface area contributed by atoms with Gasteiger partial charge in [0, 0.05) is 30.5 Å². The maximum absolute atomic E-state index is 5.51. The van der Waals surface area contributed by atoms with Gasteiger partial charge in [0.15, 0.2) is 0 Å². The Bertz CT molecular complexity index is 3500. The van der Waals surface area contributed by atoms with E-state index in [4.69, 9.17) is 9.97 Å². The summed E-state index contributed by atoms with van der Waals surface area (Å²) in [6.45, 7) is 2.37. The summed E-state index contributed by atoms with van der Waals surface area (Å²) in [5, 5.41) is 3.66. The van der Waals surface area contributed by atoms with Crippen LogP contribution in [0.4, 0.5) is 0 Å². The van der Waals surface area contributed by atoms with Crippen molar-refractivity contribution in [3.63, 3.8) is 0 Å². The number of thioether (sulfide) groups is 1. The fraction of sp³-hybridized carbons (Fsp3) is 0.0690. The van der Waals surface area contributed by atoms with Gasteiger partial charge < -0.3 is 0 Å². The van der Waals surface area contributed by atoms with E-state index in [-0.39, 0.29) is 5.41 Å². The Morgan fingerprint density at radius 2 is 1.16 bits per heavy atom. The van der Waals surface area contributed by atoms with Gasteiger partial charge in [-0.1, -0.05) is 182 Å². The number of rotatable bonds is 5. The maximum Gasteiger partial charge on any atom is 0.124 e. The molecule has 4 heteroatoms. The minimum atomic E-state index is -0.437. The van der Waals surface area contributed by atoms with E-state index in [2.05, 4.69) is 207 Å². The standard InChI is InChI=1S/C58H38N2S2/c1-57-35-40(37-26-29-45-44-20-8-10-24-48(44)58(49(45)33-37,41-16-4-2-5-17-41)42-18-6-3-7-19-42)28-31-53(57)62-56-55(57)59-51-34-38(27-30-50(51)60-56)36-14-12-15-39(32-36)43-22-13-23-47-46-21-9-11-25-52(46)61-54(43)47/h2-34H,35H2,1H3. The van der Waals surface area contributed by atoms with Gasteiger partial charge in [0.2, 0.25) is 0 Å².